The minimum atomic E-state index is 1.06. The Balaban J connectivity index is 2.61. The third-order valence-corrected chi connectivity index (χ3v) is 2.60. The Morgan fingerprint density at radius 3 is 2.86 bits per heavy atom. The molecule has 0 N–H and O–H groups in total. The van der Waals surface area contributed by atoms with Crippen LogP contribution in [-0.4, -0.2) is 9.55 Å². The maximum Gasteiger partial charge on any atom is 0.109 e. The van der Waals surface area contributed by atoms with Crippen LogP contribution in [0.1, 0.15) is 24.7 Å². The fraction of sp³-hybridized carbons (Fsp3) is 0.417. The number of hydrogen-bond donors (Lipinski definition) is 0. The van der Waals surface area contributed by atoms with Crippen LogP contribution < -0.4 is 0 Å². The lowest BCUT2D eigenvalue weighted by atomic mass is 10.2. The molecule has 1 aromatic carbocycles. The number of aromatic nitrogens is 2. The van der Waals surface area contributed by atoms with Gasteiger partial charge >= 0.3 is 0 Å². The molecule has 0 atom stereocenters. The summed E-state index contributed by atoms with van der Waals surface area (Å²) in [5, 5.41) is 0. The van der Waals surface area contributed by atoms with Gasteiger partial charge in [0.05, 0.1) is 11.0 Å². The molecule has 0 aliphatic rings. The third kappa shape index (κ3) is 1.41. The van der Waals surface area contributed by atoms with Crippen molar-refractivity contribution in [2.45, 2.75) is 26.7 Å². The highest BCUT2D eigenvalue weighted by atomic mass is 15.1. The van der Waals surface area contributed by atoms with Crippen molar-refractivity contribution < 1.29 is 0 Å². The fourth-order valence-corrected chi connectivity index (χ4v) is 1.81. The maximum absolute atomic E-state index is 4.63. The van der Waals surface area contributed by atoms with Crippen molar-refractivity contribution in [2.75, 3.05) is 0 Å². The number of rotatable bonds is 2. The summed E-state index contributed by atoms with van der Waals surface area (Å²) < 4.78 is 2.19. The van der Waals surface area contributed by atoms with Gasteiger partial charge in [-0.3, -0.25) is 0 Å². The smallest absolute Gasteiger partial charge is 0.109 e. The van der Waals surface area contributed by atoms with Crippen LogP contribution in [0.4, 0.5) is 0 Å². The van der Waals surface area contributed by atoms with Gasteiger partial charge in [-0.05, 0) is 31.0 Å². The highest BCUT2D eigenvalue weighted by Crippen LogP contribution is 2.17. The van der Waals surface area contributed by atoms with E-state index in [4.69, 9.17) is 0 Å². The van der Waals surface area contributed by atoms with E-state index in [2.05, 4.69) is 48.6 Å². The molecule has 2 aromatic rings. The highest BCUT2D eigenvalue weighted by molar-refractivity contribution is 5.76. The molecule has 1 heterocycles. The van der Waals surface area contributed by atoms with Gasteiger partial charge in [0, 0.05) is 13.5 Å². The van der Waals surface area contributed by atoms with Crippen LogP contribution in [0.2, 0.25) is 0 Å². The molecule has 0 saturated heterocycles. The van der Waals surface area contributed by atoms with Gasteiger partial charge in [0.2, 0.25) is 0 Å². The van der Waals surface area contributed by atoms with Gasteiger partial charge in [-0.25, -0.2) is 4.98 Å². The van der Waals surface area contributed by atoms with E-state index in [-0.39, 0.29) is 0 Å². The number of fused-ring (bicyclic) bond motifs is 1. The summed E-state index contributed by atoms with van der Waals surface area (Å²) in [5.41, 5.74) is 3.63. The van der Waals surface area contributed by atoms with Gasteiger partial charge in [-0.1, -0.05) is 13.0 Å². The molecule has 2 nitrogen and oxygen atoms in total. The van der Waals surface area contributed by atoms with Crippen LogP contribution in [0.5, 0.6) is 0 Å². The summed E-state index contributed by atoms with van der Waals surface area (Å²) in [5.74, 6) is 1.19. The van der Waals surface area contributed by atoms with E-state index in [1.54, 1.807) is 0 Å². The zero-order chi connectivity index (χ0) is 10.1. The molecule has 0 radical (unpaired) electrons. The molecule has 0 unspecified atom stereocenters. The van der Waals surface area contributed by atoms with Crippen LogP contribution in [0.15, 0.2) is 18.2 Å². The maximum atomic E-state index is 4.63. The monoisotopic (exact) mass is 188 g/mol. The van der Waals surface area contributed by atoms with Gasteiger partial charge in [0.15, 0.2) is 0 Å². The number of hydrogen-bond acceptors (Lipinski definition) is 1. The van der Waals surface area contributed by atoms with Crippen molar-refractivity contribution in [3.8, 4) is 0 Å². The van der Waals surface area contributed by atoms with E-state index in [1.165, 1.54) is 16.9 Å². The molecular formula is C12H16N2. The van der Waals surface area contributed by atoms with E-state index in [9.17, 15) is 0 Å². The summed E-state index contributed by atoms with van der Waals surface area (Å²) >= 11 is 0. The molecule has 0 bridgehead atoms. The molecule has 0 spiro atoms. The first-order valence-electron chi connectivity index (χ1n) is 5.14. The topological polar surface area (TPSA) is 17.8 Å². The summed E-state index contributed by atoms with van der Waals surface area (Å²) in [6, 6.07) is 6.44. The average molecular weight is 188 g/mol. The van der Waals surface area contributed by atoms with Crippen molar-refractivity contribution in [3.63, 3.8) is 0 Å². The first-order valence-corrected chi connectivity index (χ1v) is 5.14. The second-order valence-electron chi connectivity index (χ2n) is 3.83. The standard InChI is InChI=1S/C12H16N2/c1-4-5-12-13-10-8-9(2)6-7-11(10)14(12)3/h6-8H,4-5H2,1-3H3. The first kappa shape index (κ1) is 9.25. The van der Waals surface area contributed by atoms with E-state index in [1.807, 2.05) is 0 Å². The highest BCUT2D eigenvalue weighted by Gasteiger charge is 2.05. The van der Waals surface area contributed by atoms with E-state index in [0.29, 0.717) is 0 Å². The molecule has 74 valence electrons. The van der Waals surface area contributed by atoms with Crippen LogP contribution in [-0.2, 0) is 13.5 Å². The summed E-state index contributed by atoms with van der Waals surface area (Å²) in [6.45, 7) is 4.29. The molecule has 0 aliphatic heterocycles. The molecule has 1 aromatic heterocycles. The SMILES string of the molecule is CCCc1nc2cc(C)ccc2n1C. The molecule has 0 amide bonds. The van der Waals surface area contributed by atoms with Gasteiger partial charge in [-0.2, -0.15) is 0 Å². The van der Waals surface area contributed by atoms with Gasteiger partial charge in [-0.15, -0.1) is 0 Å². The molecular weight excluding hydrogens is 172 g/mol. The van der Waals surface area contributed by atoms with Gasteiger partial charge < -0.3 is 4.57 Å². The van der Waals surface area contributed by atoms with Crippen LogP contribution in [0, 0.1) is 6.92 Å². The van der Waals surface area contributed by atoms with E-state index >= 15 is 0 Å². The van der Waals surface area contributed by atoms with Crippen molar-refractivity contribution in [3.05, 3.63) is 29.6 Å². The fourth-order valence-electron chi connectivity index (χ4n) is 1.81. The third-order valence-electron chi connectivity index (χ3n) is 2.60. The Bertz CT molecular complexity index is 455. The number of aryl methyl sites for hydroxylation is 3. The summed E-state index contributed by atoms with van der Waals surface area (Å²) in [4.78, 5) is 4.63. The van der Waals surface area contributed by atoms with Gasteiger partial charge in [0.1, 0.15) is 5.82 Å². The number of nitrogens with zero attached hydrogens (tertiary/aromatic N) is 2. The largest absolute Gasteiger partial charge is 0.331 e. The van der Waals surface area contributed by atoms with E-state index in [0.717, 1.165) is 18.4 Å². The van der Waals surface area contributed by atoms with Crippen LogP contribution in [0.25, 0.3) is 11.0 Å². The zero-order valence-corrected chi connectivity index (χ0v) is 9.04. The lowest BCUT2D eigenvalue weighted by Gasteiger charge is -1.99. The molecule has 14 heavy (non-hydrogen) atoms. The van der Waals surface area contributed by atoms with Crippen molar-refractivity contribution in [1.82, 2.24) is 9.55 Å². The summed E-state index contributed by atoms with van der Waals surface area (Å²) in [6.07, 6.45) is 2.21. The van der Waals surface area contributed by atoms with E-state index < -0.39 is 0 Å². The number of imidazole rings is 1. The Hall–Kier alpha value is -1.31. The minimum absolute atomic E-state index is 1.06. The van der Waals surface area contributed by atoms with Crippen molar-refractivity contribution in [2.24, 2.45) is 7.05 Å². The van der Waals surface area contributed by atoms with Gasteiger partial charge in [0.25, 0.3) is 0 Å². The van der Waals surface area contributed by atoms with Crippen molar-refractivity contribution in [1.29, 1.82) is 0 Å². The molecule has 0 fully saturated rings. The molecule has 2 heteroatoms. The van der Waals surface area contributed by atoms with Crippen molar-refractivity contribution >= 4 is 11.0 Å². The average Bonchev–Trinajstić information content (AvgIpc) is 2.44. The Morgan fingerprint density at radius 2 is 2.14 bits per heavy atom. The predicted octanol–water partition coefficient (Wildman–Crippen LogP) is 2.83. The zero-order valence-electron chi connectivity index (χ0n) is 9.04. The Kier molecular flexibility index (Phi) is 2.28. The second-order valence-corrected chi connectivity index (χ2v) is 3.83. The summed E-state index contributed by atoms with van der Waals surface area (Å²) in [7, 11) is 2.09. The predicted molar refractivity (Wildman–Crippen MR) is 59.4 cm³/mol. The quantitative estimate of drug-likeness (QED) is 0.708. The normalized spacial score (nSPS) is 11.1. The lowest BCUT2D eigenvalue weighted by molar-refractivity contribution is 0.773. The molecule has 0 aliphatic carbocycles. The minimum Gasteiger partial charge on any atom is -0.331 e. The number of benzene rings is 1. The first-order chi connectivity index (χ1) is 6.72. The Labute approximate surface area is 84.6 Å². The molecule has 0 saturated carbocycles. The molecule has 2 rings (SSSR count). The van der Waals surface area contributed by atoms with Crippen LogP contribution in [0.3, 0.4) is 0 Å². The van der Waals surface area contributed by atoms with Crippen LogP contribution >= 0.6 is 0 Å². The second kappa shape index (κ2) is 3.45. The lowest BCUT2D eigenvalue weighted by Crippen LogP contribution is -1.96. The Morgan fingerprint density at radius 1 is 1.36 bits per heavy atom.